The van der Waals surface area contributed by atoms with Crippen LogP contribution in [0.1, 0.15) is 22.3 Å². The Kier molecular flexibility index (Phi) is 5.72. The second-order valence-electron chi connectivity index (χ2n) is 6.01. The lowest BCUT2D eigenvalue weighted by atomic mass is 10.1. The maximum Gasteiger partial charge on any atom is 0.416 e. The summed E-state index contributed by atoms with van der Waals surface area (Å²) in [6.07, 6.45) is -9.89. The molecule has 0 aliphatic carbocycles. The number of anilines is 2. The smallest absolute Gasteiger partial charge is 0.376 e. The van der Waals surface area contributed by atoms with E-state index < -0.39 is 41.6 Å². The Hall–Kier alpha value is -2.71. The molecule has 27 heavy (non-hydrogen) atoms. The third kappa shape index (κ3) is 5.63. The van der Waals surface area contributed by atoms with E-state index in [0.29, 0.717) is 17.8 Å². The maximum absolute atomic E-state index is 12.8. The molecule has 0 aliphatic heterocycles. The minimum atomic E-state index is -4.95. The van der Waals surface area contributed by atoms with Gasteiger partial charge in [-0.15, -0.1) is 0 Å². The average Bonchev–Trinajstić information content (AvgIpc) is 2.54. The molecule has 0 radical (unpaired) electrons. The van der Waals surface area contributed by atoms with E-state index in [-0.39, 0.29) is 6.07 Å². The van der Waals surface area contributed by atoms with Crippen LogP contribution in [0.15, 0.2) is 36.4 Å². The quantitative estimate of drug-likeness (QED) is 0.687. The highest BCUT2D eigenvalue weighted by molar-refractivity contribution is 5.94. The van der Waals surface area contributed by atoms with Gasteiger partial charge in [-0.1, -0.05) is 12.1 Å². The van der Waals surface area contributed by atoms with Crippen LogP contribution in [0.25, 0.3) is 0 Å². The number of nitrogens with one attached hydrogen (secondary N) is 2. The standard InChI is InChI=1S/C18H16F6N2O/c1-10-3-4-11(2)15(5-10)26-16(27)9-25-14-7-12(17(19,20)21)6-13(8-14)18(22,23)24/h3-8,25H,9H2,1-2H3,(H,26,27). The van der Waals surface area contributed by atoms with Gasteiger partial charge in [-0.05, 0) is 49.2 Å². The Balaban J connectivity index is 2.17. The normalized spacial score (nSPS) is 12.0. The van der Waals surface area contributed by atoms with Crippen LogP contribution in [0, 0.1) is 13.8 Å². The van der Waals surface area contributed by atoms with Gasteiger partial charge in [-0.2, -0.15) is 26.3 Å². The molecule has 0 saturated carbocycles. The van der Waals surface area contributed by atoms with E-state index in [1.165, 1.54) is 0 Å². The fourth-order valence-electron chi connectivity index (χ4n) is 2.30. The first-order valence-electron chi connectivity index (χ1n) is 7.77. The molecule has 2 aromatic carbocycles. The molecular formula is C18H16F6N2O. The van der Waals surface area contributed by atoms with Crippen LogP contribution in [0.4, 0.5) is 37.7 Å². The number of amides is 1. The number of carbonyl (C=O) groups is 1. The fraction of sp³-hybridized carbons (Fsp3) is 0.278. The minimum absolute atomic E-state index is 0.0291. The molecule has 2 rings (SSSR count). The molecule has 2 aromatic rings. The summed E-state index contributed by atoms with van der Waals surface area (Å²) in [5.41, 5.74) is -1.18. The van der Waals surface area contributed by atoms with Crippen molar-refractivity contribution in [1.82, 2.24) is 0 Å². The Labute approximate surface area is 151 Å². The van der Waals surface area contributed by atoms with Gasteiger partial charge >= 0.3 is 12.4 Å². The van der Waals surface area contributed by atoms with Crippen molar-refractivity contribution in [1.29, 1.82) is 0 Å². The highest BCUT2D eigenvalue weighted by Crippen LogP contribution is 2.37. The Morgan fingerprint density at radius 3 is 1.96 bits per heavy atom. The fourth-order valence-corrected chi connectivity index (χ4v) is 2.30. The largest absolute Gasteiger partial charge is 0.416 e. The van der Waals surface area contributed by atoms with Crippen molar-refractivity contribution in [3.8, 4) is 0 Å². The van der Waals surface area contributed by atoms with Crippen molar-refractivity contribution in [2.24, 2.45) is 0 Å². The number of hydrogen-bond donors (Lipinski definition) is 2. The molecule has 0 bridgehead atoms. The van der Waals surface area contributed by atoms with E-state index in [4.69, 9.17) is 0 Å². The first-order valence-corrected chi connectivity index (χ1v) is 7.77. The van der Waals surface area contributed by atoms with Gasteiger partial charge < -0.3 is 10.6 Å². The average molecular weight is 390 g/mol. The van der Waals surface area contributed by atoms with Gasteiger partial charge in [0.05, 0.1) is 17.7 Å². The number of rotatable bonds is 4. The van der Waals surface area contributed by atoms with Crippen LogP contribution in [0.3, 0.4) is 0 Å². The summed E-state index contributed by atoms with van der Waals surface area (Å²) in [4.78, 5) is 12.0. The monoisotopic (exact) mass is 390 g/mol. The van der Waals surface area contributed by atoms with Crippen LogP contribution in [-0.4, -0.2) is 12.5 Å². The summed E-state index contributed by atoms with van der Waals surface area (Å²) in [7, 11) is 0. The van der Waals surface area contributed by atoms with E-state index in [1.54, 1.807) is 19.1 Å². The second-order valence-corrected chi connectivity index (χ2v) is 6.01. The first kappa shape index (κ1) is 20.6. The number of carbonyl (C=O) groups excluding carboxylic acids is 1. The van der Waals surface area contributed by atoms with Gasteiger partial charge in [0, 0.05) is 11.4 Å². The van der Waals surface area contributed by atoms with Crippen LogP contribution in [0.5, 0.6) is 0 Å². The third-order valence-corrected chi connectivity index (χ3v) is 3.71. The van der Waals surface area contributed by atoms with E-state index in [2.05, 4.69) is 10.6 Å². The number of alkyl halides is 6. The molecule has 3 nitrogen and oxygen atoms in total. The summed E-state index contributed by atoms with van der Waals surface area (Å²) in [6, 6.07) is 6.41. The maximum atomic E-state index is 12.8. The Morgan fingerprint density at radius 1 is 0.889 bits per heavy atom. The van der Waals surface area contributed by atoms with Crippen molar-refractivity contribution >= 4 is 17.3 Å². The Bertz CT molecular complexity index is 810. The molecule has 1 amide bonds. The molecule has 0 spiro atoms. The van der Waals surface area contributed by atoms with Crippen LogP contribution in [0.2, 0.25) is 0 Å². The first-order chi connectivity index (χ1) is 12.4. The number of halogens is 6. The van der Waals surface area contributed by atoms with E-state index in [9.17, 15) is 31.1 Å². The molecule has 146 valence electrons. The molecular weight excluding hydrogens is 374 g/mol. The molecule has 2 N–H and O–H groups in total. The number of aryl methyl sites for hydroxylation is 2. The molecule has 0 unspecified atom stereocenters. The van der Waals surface area contributed by atoms with Crippen LogP contribution in [-0.2, 0) is 17.1 Å². The van der Waals surface area contributed by atoms with E-state index in [0.717, 1.165) is 11.1 Å². The molecule has 0 saturated heterocycles. The molecule has 0 fully saturated rings. The second kappa shape index (κ2) is 7.50. The Morgan fingerprint density at radius 2 is 1.44 bits per heavy atom. The predicted octanol–water partition coefficient (Wildman–Crippen LogP) is 5.39. The molecule has 0 atom stereocenters. The van der Waals surface area contributed by atoms with Crippen molar-refractivity contribution in [2.45, 2.75) is 26.2 Å². The lowest BCUT2D eigenvalue weighted by Gasteiger charge is -2.15. The van der Waals surface area contributed by atoms with Gasteiger partial charge in [0.15, 0.2) is 0 Å². The van der Waals surface area contributed by atoms with Gasteiger partial charge in [0.25, 0.3) is 0 Å². The van der Waals surface area contributed by atoms with E-state index in [1.807, 2.05) is 13.0 Å². The van der Waals surface area contributed by atoms with Gasteiger partial charge in [0.2, 0.25) is 5.91 Å². The highest BCUT2D eigenvalue weighted by Gasteiger charge is 2.36. The zero-order chi connectivity index (χ0) is 20.4. The summed E-state index contributed by atoms with van der Waals surface area (Å²) in [6.45, 7) is 3.07. The number of hydrogen-bond acceptors (Lipinski definition) is 2. The third-order valence-electron chi connectivity index (χ3n) is 3.71. The molecule has 0 aliphatic rings. The summed E-state index contributed by atoms with van der Waals surface area (Å²) in [5, 5.41) is 4.88. The van der Waals surface area contributed by atoms with Crippen molar-refractivity contribution in [3.05, 3.63) is 58.7 Å². The van der Waals surface area contributed by atoms with Gasteiger partial charge in [-0.25, -0.2) is 0 Å². The zero-order valence-corrected chi connectivity index (χ0v) is 14.3. The van der Waals surface area contributed by atoms with Gasteiger partial charge in [-0.3, -0.25) is 4.79 Å². The number of benzene rings is 2. The topological polar surface area (TPSA) is 41.1 Å². The lowest BCUT2D eigenvalue weighted by Crippen LogP contribution is -2.22. The molecule has 0 aromatic heterocycles. The highest BCUT2D eigenvalue weighted by atomic mass is 19.4. The summed E-state index contributed by atoms with van der Waals surface area (Å²) < 4.78 is 77.0. The zero-order valence-electron chi connectivity index (χ0n) is 14.3. The van der Waals surface area contributed by atoms with Crippen molar-refractivity contribution in [2.75, 3.05) is 17.2 Å². The van der Waals surface area contributed by atoms with Gasteiger partial charge in [0.1, 0.15) is 0 Å². The van der Waals surface area contributed by atoms with Crippen LogP contribution >= 0.6 is 0 Å². The lowest BCUT2D eigenvalue weighted by molar-refractivity contribution is -0.143. The predicted molar refractivity (Wildman–Crippen MR) is 89.5 cm³/mol. The van der Waals surface area contributed by atoms with Crippen LogP contribution < -0.4 is 10.6 Å². The minimum Gasteiger partial charge on any atom is -0.376 e. The molecule has 0 heterocycles. The summed E-state index contributed by atoms with van der Waals surface area (Å²) >= 11 is 0. The van der Waals surface area contributed by atoms with E-state index >= 15 is 0 Å². The van der Waals surface area contributed by atoms with Crippen molar-refractivity contribution in [3.63, 3.8) is 0 Å². The van der Waals surface area contributed by atoms with Crippen molar-refractivity contribution < 1.29 is 31.1 Å². The summed E-state index contributed by atoms with van der Waals surface area (Å²) in [5.74, 6) is -0.602. The molecule has 9 heteroatoms. The SMILES string of the molecule is Cc1ccc(C)c(NC(=O)CNc2cc(C(F)(F)F)cc(C(F)(F)F)c2)c1.